The number of piperazine rings is 1. The van der Waals surface area contributed by atoms with Gasteiger partial charge in [0.05, 0.1) is 12.7 Å². The second-order valence-corrected chi connectivity index (χ2v) is 6.06. The summed E-state index contributed by atoms with van der Waals surface area (Å²) in [5, 5.41) is 10.1. The van der Waals surface area contributed by atoms with Crippen molar-refractivity contribution in [2.75, 3.05) is 26.2 Å². The predicted octanol–water partition coefficient (Wildman–Crippen LogP) is 1.74. The van der Waals surface area contributed by atoms with Gasteiger partial charge in [-0.15, -0.1) is 0 Å². The number of carbonyl (C=O) groups is 1. The van der Waals surface area contributed by atoms with Crippen LogP contribution in [0.15, 0.2) is 30.5 Å². The number of phenolic OH excluding ortho intramolecular Hbond substituents is 1. The Morgan fingerprint density at radius 2 is 2.04 bits per heavy atom. The lowest BCUT2D eigenvalue weighted by Crippen LogP contribution is -2.48. The summed E-state index contributed by atoms with van der Waals surface area (Å²) in [6, 6.07) is 6.48. The lowest BCUT2D eigenvalue weighted by atomic mass is 10.1. The van der Waals surface area contributed by atoms with Gasteiger partial charge in [-0.2, -0.15) is 0 Å². The van der Waals surface area contributed by atoms with E-state index in [1.165, 1.54) is 6.07 Å². The molecular weight excluding hydrogens is 316 g/mol. The molecule has 1 N–H and O–H groups in total. The van der Waals surface area contributed by atoms with Gasteiger partial charge in [0.1, 0.15) is 16.7 Å². The largest absolute Gasteiger partial charge is 0.508 e. The zero-order valence-electron chi connectivity index (χ0n) is 12.9. The van der Waals surface area contributed by atoms with Crippen LogP contribution in [0.4, 0.5) is 0 Å². The van der Waals surface area contributed by atoms with Crippen LogP contribution in [0.3, 0.4) is 0 Å². The molecule has 0 radical (unpaired) electrons. The van der Waals surface area contributed by atoms with Crippen LogP contribution in [0.5, 0.6) is 5.75 Å². The summed E-state index contributed by atoms with van der Waals surface area (Å²) in [7, 11) is 1.90. The maximum atomic E-state index is 12.4. The van der Waals surface area contributed by atoms with Gasteiger partial charge in [-0.3, -0.25) is 9.69 Å². The van der Waals surface area contributed by atoms with E-state index < -0.39 is 0 Å². The molecule has 1 aromatic heterocycles. The second kappa shape index (κ2) is 6.60. The lowest BCUT2D eigenvalue weighted by Gasteiger charge is -2.34. The van der Waals surface area contributed by atoms with Crippen LogP contribution in [0, 0.1) is 0 Å². The number of aromatic hydroxyl groups is 1. The standard InChI is InChI=1S/C16H19ClN4O2/c1-19-14(17)10-18-15(19)11-20-5-7-21(8-6-20)16(23)12-3-2-4-13(22)9-12/h2-4,9-10,22H,5-8,11H2,1H3. The number of amides is 1. The van der Waals surface area contributed by atoms with Crippen molar-refractivity contribution in [2.24, 2.45) is 7.05 Å². The van der Waals surface area contributed by atoms with Gasteiger partial charge in [0, 0.05) is 38.8 Å². The van der Waals surface area contributed by atoms with Crippen molar-refractivity contribution < 1.29 is 9.90 Å². The third-order valence-corrected chi connectivity index (χ3v) is 4.50. The first-order valence-electron chi connectivity index (χ1n) is 7.51. The van der Waals surface area contributed by atoms with Crippen molar-refractivity contribution >= 4 is 17.5 Å². The first-order chi connectivity index (χ1) is 11.0. The lowest BCUT2D eigenvalue weighted by molar-refractivity contribution is 0.0624. The first kappa shape index (κ1) is 15.8. The average molecular weight is 335 g/mol. The number of phenols is 1. The Morgan fingerprint density at radius 1 is 1.30 bits per heavy atom. The van der Waals surface area contributed by atoms with E-state index >= 15 is 0 Å². The Bertz CT molecular complexity index is 708. The van der Waals surface area contributed by atoms with Crippen molar-refractivity contribution in [2.45, 2.75) is 6.54 Å². The molecule has 6 nitrogen and oxygen atoms in total. The molecule has 2 aromatic rings. The third kappa shape index (κ3) is 3.48. The summed E-state index contributed by atoms with van der Waals surface area (Å²) < 4.78 is 1.87. The highest BCUT2D eigenvalue weighted by molar-refractivity contribution is 6.29. The molecule has 1 aromatic carbocycles. The van der Waals surface area contributed by atoms with Gasteiger partial charge in [0.25, 0.3) is 5.91 Å². The van der Waals surface area contributed by atoms with Crippen LogP contribution < -0.4 is 0 Å². The summed E-state index contributed by atoms with van der Waals surface area (Å²) >= 11 is 6.00. The molecule has 0 spiro atoms. The number of hydrogen-bond acceptors (Lipinski definition) is 4. The van der Waals surface area contributed by atoms with Crippen LogP contribution in [0.2, 0.25) is 5.15 Å². The molecule has 2 heterocycles. The molecular formula is C16H19ClN4O2. The van der Waals surface area contributed by atoms with E-state index in [4.69, 9.17) is 11.6 Å². The Labute approximate surface area is 139 Å². The molecule has 23 heavy (non-hydrogen) atoms. The van der Waals surface area contributed by atoms with Gasteiger partial charge in [0.15, 0.2) is 0 Å². The van der Waals surface area contributed by atoms with Crippen LogP contribution in [0.1, 0.15) is 16.2 Å². The third-order valence-electron chi connectivity index (χ3n) is 4.15. The molecule has 7 heteroatoms. The molecule has 0 unspecified atom stereocenters. The summed E-state index contributed by atoms with van der Waals surface area (Å²) in [4.78, 5) is 20.8. The summed E-state index contributed by atoms with van der Waals surface area (Å²) in [5.41, 5.74) is 0.523. The highest BCUT2D eigenvalue weighted by atomic mass is 35.5. The Balaban J connectivity index is 1.58. The Morgan fingerprint density at radius 3 is 2.65 bits per heavy atom. The predicted molar refractivity (Wildman–Crippen MR) is 87.5 cm³/mol. The van der Waals surface area contributed by atoms with Gasteiger partial charge in [-0.1, -0.05) is 17.7 Å². The van der Waals surface area contributed by atoms with Gasteiger partial charge in [-0.25, -0.2) is 4.98 Å². The van der Waals surface area contributed by atoms with E-state index in [0.717, 1.165) is 25.5 Å². The van der Waals surface area contributed by atoms with E-state index in [-0.39, 0.29) is 11.7 Å². The maximum Gasteiger partial charge on any atom is 0.254 e. The zero-order chi connectivity index (χ0) is 16.4. The Kier molecular flexibility index (Phi) is 4.54. The molecule has 1 amide bonds. The van der Waals surface area contributed by atoms with E-state index in [1.54, 1.807) is 24.4 Å². The summed E-state index contributed by atoms with van der Waals surface area (Å²) in [6.07, 6.45) is 1.65. The Hall–Kier alpha value is -2.05. The first-order valence-corrected chi connectivity index (χ1v) is 7.89. The van der Waals surface area contributed by atoms with Crippen molar-refractivity contribution in [3.8, 4) is 5.75 Å². The van der Waals surface area contributed by atoms with E-state index in [1.807, 2.05) is 16.5 Å². The minimum Gasteiger partial charge on any atom is -0.508 e. The highest BCUT2D eigenvalue weighted by Crippen LogP contribution is 2.16. The number of halogens is 1. The molecule has 0 aliphatic carbocycles. The molecule has 1 fully saturated rings. The monoisotopic (exact) mass is 334 g/mol. The van der Waals surface area contributed by atoms with Crippen molar-refractivity contribution in [1.29, 1.82) is 0 Å². The van der Waals surface area contributed by atoms with E-state index in [0.29, 0.717) is 23.8 Å². The zero-order valence-corrected chi connectivity index (χ0v) is 13.7. The molecule has 1 saturated heterocycles. The van der Waals surface area contributed by atoms with Crippen LogP contribution in [-0.4, -0.2) is 56.5 Å². The van der Waals surface area contributed by atoms with Crippen molar-refractivity contribution in [3.63, 3.8) is 0 Å². The van der Waals surface area contributed by atoms with Crippen LogP contribution >= 0.6 is 11.6 Å². The molecule has 1 aliphatic heterocycles. The molecule has 0 atom stereocenters. The number of imidazole rings is 1. The fourth-order valence-corrected chi connectivity index (χ4v) is 2.85. The van der Waals surface area contributed by atoms with Crippen LogP contribution in [-0.2, 0) is 13.6 Å². The second-order valence-electron chi connectivity index (χ2n) is 5.67. The summed E-state index contributed by atoms with van der Waals surface area (Å²) in [5.74, 6) is 0.990. The molecule has 0 bridgehead atoms. The summed E-state index contributed by atoms with van der Waals surface area (Å²) in [6.45, 7) is 3.61. The molecule has 3 rings (SSSR count). The number of carbonyl (C=O) groups excluding carboxylic acids is 1. The molecule has 0 saturated carbocycles. The van der Waals surface area contributed by atoms with Crippen LogP contribution in [0.25, 0.3) is 0 Å². The van der Waals surface area contributed by atoms with E-state index in [9.17, 15) is 9.90 Å². The quantitative estimate of drug-likeness (QED) is 0.928. The van der Waals surface area contributed by atoms with Crippen molar-refractivity contribution in [1.82, 2.24) is 19.4 Å². The number of hydrogen-bond donors (Lipinski definition) is 1. The normalized spacial score (nSPS) is 15.8. The van der Waals surface area contributed by atoms with Gasteiger partial charge < -0.3 is 14.6 Å². The number of nitrogens with zero attached hydrogens (tertiary/aromatic N) is 4. The van der Waals surface area contributed by atoms with Gasteiger partial charge >= 0.3 is 0 Å². The minimum atomic E-state index is -0.0411. The highest BCUT2D eigenvalue weighted by Gasteiger charge is 2.23. The number of rotatable bonds is 3. The van der Waals surface area contributed by atoms with Crippen molar-refractivity contribution in [3.05, 3.63) is 47.0 Å². The molecule has 122 valence electrons. The minimum absolute atomic E-state index is 0.0411. The number of benzene rings is 1. The van der Waals surface area contributed by atoms with E-state index in [2.05, 4.69) is 9.88 Å². The fraction of sp³-hybridized carbons (Fsp3) is 0.375. The topological polar surface area (TPSA) is 61.6 Å². The van der Waals surface area contributed by atoms with Gasteiger partial charge in [0.2, 0.25) is 0 Å². The molecule has 1 aliphatic rings. The number of aromatic nitrogens is 2. The maximum absolute atomic E-state index is 12.4. The smallest absolute Gasteiger partial charge is 0.254 e. The average Bonchev–Trinajstić information content (AvgIpc) is 2.87. The fourth-order valence-electron chi connectivity index (χ4n) is 2.70. The van der Waals surface area contributed by atoms with Gasteiger partial charge in [-0.05, 0) is 18.2 Å². The SMILES string of the molecule is Cn1c(Cl)cnc1CN1CCN(C(=O)c2cccc(O)c2)CC1.